The predicted molar refractivity (Wildman–Crippen MR) is 402 cm³/mol. The third kappa shape index (κ3) is 11.3. The van der Waals surface area contributed by atoms with Crippen molar-refractivity contribution in [3.63, 3.8) is 0 Å². The summed E-state index contributed by atoms with van der Waals surface area (Å²) in [5.41, 5.74) is 23.2. The number of rotatable bonds is 19. The van der Waals surface area contributed by atoms with Crippen molar-refractivity contribution in [2.75, 3.05) is 11.5 Å². The van der Waals surface area contributed by atoms with E-state index in [4.69, 9.17) is 4.74 Å². The van der Waals surface area contributed by atoms with Crippen molar-refractivity contribution in [2.24, 2.45) is 52.3 Å². The lowest BCUT2D eigenvalue weighted by atomic mass is 9.62. The van der Waals surface area contributed by atoms with Gasteiger partial charge in [-0.05, 0) is 210 Å². The lowest BCUT2D eigenvalue weighted by Crippen LogP contribution is -2.33. The first-order valence-electron chi connectivity index (χ1n) is 36.1. The number of unbranched alkanes of at least 4 members (excludes halogenated alkanes) is 3. The summed E-state index contributed by atoms with van der Waals surface area (Å²) in [6.45, 7) is 13.8. The Morgan fingerprint density at radius 3 is 2.07 bits per heavy atom. The number of allylic oxidation sites excluding steroid dienone is 35. The molecule has 16 rings (SSSR count). The summed E-state index contributed by atoms with van der Waals surface area (Å²) in [6.07, 6.45) is 82.2. The monoisotopic (exact) mass is 1240 g/mol. The Morgan fingerprint density at radius 1 is 0.579 bits per heavy atom. The highest BCUT2D eigenvalue weighted by molar-refractivity contribution is 6.10. The van der Waals surface area contributed by atoms with E-state index < -0.39 is 0 Å². The molecule has 11 aliphatic rings. The minimum atomic E-state index is -0.0408. The summed E-state index contributed by atoms with van der Waals surface area (Å²) < 4.78 is 9.01. The Hall–Kier alpha value is -8.76. The van der Waals surface area contributed by atoms with Crippen LogP contribution in [0, 0.1) is 52.3 Å². The Morgan fingerprint density at radius 2 is 1.33 bits per heavy atom. The third-order valence-corrected chi connectivity index (χ3v) is 23.9. The Labute approximate surface area is 565 Å². The minimum absolute atomic E-state index is 0.0408. The van der Waals surface area contributed by atoms with Gasteiger partial charge in [-0.2, -0.15) is 0 Å². The minimum Gasteiger partial charge on any atom is -0.374 e. The van der Waals surface area contributed by atoms with Gasteiger partial charge >= 0.3 is 0 Å². The molecule has 0 amide bonds. The van der Waals surface area contributed by atoms with E-state index in [0.717, 1.165) is 70.8 Å². The molecule has 4 aromatic carbocycles. The summed E-state index contributed by atoms with van der Waals surface area (Å²) >= 11 is 0. The van der Waals surface area contributed by atoms with Gasteiger partial charge in [-0.25, -0.2) is 0 Å². The molecule has 0 N–H and O–H groups in total. The van der Waals surface area contributed by atoms with E-state index in [1.54, 1.807) is 16.7 Å². The van der Waals surface area contributed by atoms with Crippen molar-refractivity contribution < 1.29 is 4.74 Å². The molecule has 2 saturated carbocycles. The fourth-order valence-corrected chi connectivity index (χ4v) is 18.9. The van der Waals surface area contributed by atoms with Gasteiger partial charge in [-0.15, -0.1) is 0 Å². The molecular formula is C92H92N2O. The highest BCUT2D eigenvalue weighted by Crippen LogP contribution is 2.66. The number of nitrogens with zero attached hydrogens (tertiary/aromatic N) is 2. The summed E-state index contributed by atoms with van der Waals surface area (Å²) in [6, 6.07) is 35.3. The van der Waals surface area contributed by atoms with Gasteiger partial charge in [0.05, 0.1) is 12.1 Å². The van der Waals surface area contributed by atoms with Crippen molar-refractivity contribution in [2.45, 2.75) is 116 Å². The van der Waals surface area contributed by atoms with Gasteiger partial charge in [0.25, 0.3) is 0 Å². The maximum Gasteiger partial charge on any atom is 0.0793 e. The quantitative estimate of drug-likeness (QED) is 0.0767. The van der Waals surface area contributed by atoms with Crippen LogP contribution in [-0.2, 0) is 4.74 Å². The molecule has 2 fully saturated rings. The van der Waals surface area contributed by atoms with Gasteiger partial charge in [-0.3, -0.25) is 0 Å². The van der Waals surface area contributed by atoms with Crippen molar-refractivity contribution in [1.82, 2.24) is 4.57 Å². The molecule has 0 bridgehead atoms. The number of benzene rings is 4. The van der Waals surface area contributed by atoms with E-state index in [-0.39, 0.29) is 23.0 Å². The molecule has 476 valence electrons. The Bertz CT molecular complexity index is 4480. The zero-order valence-corrected chi connectivity index (χ0v) is 55.8. The van der Waals surface area contributed by atoms with Crippen LogP contribution in [0.3, 0.4) is 0 Å². The average molecular weight is 1240 g/mol. The topological polar surface area (TPSA) is 17.4 Å². The molecule has 0 spiro atoms. The van der Waals surface area contributed by atoms with Crippen LogP contribution < -0.4 is 4.90 Å². The van der Waals surface area contributed by atoms with Crippen molar-refractivity contribution >= 4 is 38.6 Å². The van der Waals surface area contributed by atoms with Crippen LogP contribution in [-0.4, -0.2) is 17.3 Å². The number of hydrogen-bond acceptors (Lipinski definition) is 2. The highest BCUT2D eigenvalue weighted by Gasteiger charge is 2.57. The van der Waals surface area contributed by atoms with Gasteiger partial charge in [0.2, 0.25) is 0 Å². The van der Waals surface area contributed by atoms with Gasteiger partial charge in [0.15, 0.2) is 0 Å². The number of hydrogen-bond donors (Lipinski definition) is 0. The zero-order valence-electron chi connectivity index (χ0n) is 55.8. The lowest BCUT2D eigenvalue weighted by molar-refractivity contribution is 0.0828. The van der Waals surface area contributed by atoms with Crippen LogP contribution in [0.4, 0.5) is 5.69 Å². The molecule has 3 nitrogen and oxygen atoms in total. The Balaban J connectivity index is 0.740. The van der Waals surface area contributed by atoms with E-state index in [1.807, 2.05) is 12.2 Å². The first kappa shape index (κ1) is 61.1. The van der Waals surface area contributed by atoms with Gasteiger partial charge in [0.1, 0.15) is 0 Å². The number of ether oxygens (including phenoxy) is 1. The van der Waals surface area contributed by atoms with E-state index >= 15 is 0 Å². The standard InChI is InChI=1S/C92H92N2O/c1-5-63-29-33-66(34-30-63)68-37-48-76(49-38-68)94-89-55-42-70(59-83(89)84-60-71(43-56-90(84)94)72-41-53-81-79-25-15-17-27-85(79)91(3,4)87(81)61-72)69-39-46-75(47-40-69)93(74-44-35-67(36-45-74)65-21-11-9-12-22-65)77-50-54-82-80-26-16-18-28-86(80)92(88(82)62-77,73-23-13-10-14-24-73)57-19-7-8-20-58-95-78-51-31-64(6-2)32-52-78/h5-6,9-13,15-18,21-23,26-33,35-39,41-46,48,50-51,53,55-56,59-62,66,76,78-82,86-87H,1-2,7-8,14,19-20,24-25,34,40,47,49,52,54,57-58H2,3-4H3. The first-order valence-corrected chi connectivity index (χ1v) is 36.1. The van der Waals surface area contributed by atoms with E-state index in [9.17, 15) is 0 Å². The van der Waals surface area contributed by atoms with Gasteiger partial charge < -0.3 is 14.2 Å². The van der Waals surface area contributed by atoms with E-state index in [1.165, 1.54) is 115 Å². The van der Waals surface area contributed by atoms with Crippen molar-refractivity contribution in [1.29, 1.82) is 0 Å². The van der Waals surface area contributed by atoms with E-state index in [2.05, 4.69) is 285 Å². The zero-order chi connectivity index (χ0) is 64.0. The smallest absolute Gasteiger partial charge is 0.0793 e. The second-order valence-corrected chi connectivity index (χ2v) is 29.3. The normalized spacial score (nSPS) is 28.2. The third-order valence-electron chi connectivity index (χ3n) is 23.9. The molecular weight excluding hydrogens is 1150 g/mol. The van der Waals surface area contributed by atoms with Crippen LogP contribution in [0.2, 0.25) is 0 Å². The first-order chi connectivity index (χ1) is 46.7. The summed E-state index contributed by atoms with van der Waals surface area (Å²) in [5.74, 6) is 3.38. The van der Waals surface area contributed by atoms with Crippen molar-refractivity contribution in [3.8, 4) is 11.1 Å². The number of aromatic nitrogens is 1. The molecule has 0 aliphatic heterocycles. The van der Waals surface area contributed by atoms with Crippen LogP contribution in [0.25, 0.3) is 44.1 Å². The van der Waals surface area contributed by atoms with Crippen molar-refractivity contribution in [3.05, 3.63) is 330 Å². The molecule has 1 heterocycles. The van der Waals surface area contributed by atoms with E-state index in [0.29, 0.717) is 41.4 Å². The van der Waals surface area contributed by atoms with Gasteiger partial charge in [-0.1, -0.05) is 276 Å². The van der Waals surface area contributed by atoms with Gasteiger partial charge in [0, 0.05) is 56.8 Å². The molecule has 0 saturated heterocycles. The lowest BCUT2D eigenvalue weighted by Gasteiger charge is -2.42. The second kappa shape index (κ2) is 26.1. The maximum atomic E-state index is 6.36. The molecule has 3 heteroatoms. The maximum absolute atomic E-state index is 6.36. The summed E-state index contributed by atoms with van der Waals surface area (Å²) in [5, 5.41) is 2.67. The second-order valence-electron chi connectivity index (χ2n) is 29.3. The largest absolute Gasteiger partial charge is 0.374 e. The van der Waals surface area contributed by atoms with Crippen LogP contribution in [0.15, 0.2) is 319 Å². The molecule has 1 aromatic heterocycles. The number of anilines is 1. The molecule has 11 aliphatic carbocycles. The molecule has 95 heavy (non-hydrogen) atoms. The van der Waals surface area contributed by atoms with Crippen LogP contribution >= 0.6 is 0 Å². The average Bonchev–Trinajstić information content (AvgIpc) is 1.59. The fraction of sp³-hybridized carbons (Fsp3) is 0.304. The molecule has 10 atom stereocenters. The SMILES string of the molecule is C=CC1=CCC(OCCCCCCC2(C3=CC=CCC3)C3=CC(N(C4=CC=C(c5ccc6c(c5)c5cc(C7=CC8C(C=C7)C7CC=CC=C7C8(C)C)ccc5n6C5C=CC(C6C=CC(C=C)=CC6)=CC5)CC4)c4ccc(-c5ccccc5)cc4)=CCC3C3C=CC=CC32)C=C1. The molecule has 5 aromatic rings. The molecule has 0 radical (unpaired) electrons. The Kier molecular flexibility index (Phi) is 16.8. The number of fused-ring (bicyclic) bond motifs is 9. The molecule has 10 unspecified atom stereocenters. The fourth-order valence-electron chi connectivity index (χ4n) is 18.9. The predicted octanol–water partition coefficient (Wildman–Crippen LogP) is 23.7. The highest BCUT2D eigenvalue weighted by atomic mass is 16.5. The van der Waals surface area contributed by atoms with Crippen LogP contribution in [0.5, 0.6) is 0 Å². The summed E-state index contributed by atoms with van der Waals surface area (Å²) in [4.78, 5) is 2.65. The van der Waals surface area contributed by atoms with Crippen LogP contribution in [0.1, 0.15) is 121 Å². The summed E-state index contributed by atoms with van der Waals surface area (Å²) in [7, 11) is 0.